The van der Waals surface area contributed by atoms with E-state index in [-0.39, 0.29) is 17.9 Å². The monoisotopic (exact) mass is 370 g/mol. The van der Waals surface area contributed by atoms with E-state index in [2.05, 4.69) is 72.7 Å². The first-order valence-corrected chi connectivity index (χ1v) is 10.5. The third kappa shape index (κ3) is 3.40. The molecule has 0 unspecified atom stereocenters. The summed E-state index contributed by atoms with van der Waals surface area (Å²) < 4.78 is 8.29. The van der Waals surface area contributed by atoms with E-state index < -0.39 is 0 Å². The highest BCUT2D eigenvalue weighted by Crippen LogP contribution is 2.47. The predicted octanol–water partition coefficient (Wildman–Crippen LogP) is 4.43. The van der Waals surface area contributed by atoms with Crippen molar-refractivity contribution in [1.82, 2.24) is 19.9 Å². The average Bonchev–Trinajstić information content (AvgIpc) is 3.05. The maximum atomic E-state index is 6.05. The number of fused-ring (bicyclic) bond motifs is 1. The molecule has 5 heteroatoms. The van der Waals surface area contributed by atoms with Crippen molar-refractivity contribution >= 4 is 11.0 Å². The minimum absolute atomic E-state index is 0.0931. The summed E-state index contributed by atoms with van der Waals surface area (Å²) in [4.78, 5) is 2.64. The maximum Gasteiger partial charge on any atom is 0.117 e. The van der Waals surface area contributed by atoms with Crippen LogP contribution in [-0.2, 0) is 10.4 Å². The Morgan fingerprint density at radius 3 is 2.30 bits per heavy atom. The number of para-hydroxylation sites is 1. The zero-order valence-corrected chi connectivity index (χ0v) is 17.5. The van der Waals surface area contributed by atoms with Crippen molar-refractivity contribution in [1.29, 1.82) is 0 Å². The third-order valence-electron chi connectivity index (χ3n) is 6.77. The van der Waals surface area contributed by atoms with E-state index in [1.165, 1.54) is 12.8 Å². The summed E-state index contributed by atoms with van der Waals surface area (Å²) in [5.74, 6) is 0.760. The lowest BCUT2D eigenvalue weighted by Crippen LogP contribution is -2.60. The quantitative estimate of drug-likeness (QED) is 0.784. The van der Waals surface area contributed by atoms with Gasteiger partial charge in [-0.05, 0) is 63.0 Å². The van der Waals surface area contributed by atoms with Gasteiger partial charge in [0.15, 0.2) is 0 Å². The summed E-state index contributed by atoms with van der Waals surface area (Å²) in [5, 5.41) is 9.18. The fourth-order valence-corrected chi connectivity index (χ4v) is 5.30. The van der Waals surface area contributed by atoms with Gasteiger partial charge in [0.25, 0.3) is 0 Å². The molecule has 2 heterocycles. The van der Waals surface area contributed by atoms with E-state index in [1.807, 2.05) is 6.07 Å². The lowest BCUT2D eigenvalue weighted by Gasteiger charge is -2.52. The number of aromatic nitrogens is 3. The molecule has 2 aromatic rings. The summed E-state index contributed by atoms with van der Waals surface area (Å²) in [7, 11) is 0. The van der Waals surface area contributed by atoms with Crippen molar-refractivity contribution in [2.75, 3.05) is 13.1 Å². The molecule has 5 nitrogen and oxygen atoms in total. The second kappa shape index (κ2) is 6.85. The molecule has 1 aliphatic carbocycles. The molecular formula is C22H34N4O. The molecule has 1 aromatic heterocycles. The highest BCUT2D eigenvalue weighted by molar-refractivity contribution is 5.74. The fourth-order valence-electron chi connectivity index (χ4n) is 5.30. The molecule has 27 heavy (non-hydrogen) atoms. The normalized spacial score (nSPS) is 33.4. The van der Waals surface area contributed by atoms with E-state index in [4.69, 9.17) is 4.74 Å². The first-order chi connectivity index (χ1) is 12.8. The summed E-state index contributed by atoms with van der Waals surface area (Å²) >= 11 is 0. The van der Waals surface area contributed by atoms with Gasteiger partial charge in [-0.1, -0.05) is 38.1 Å². The van der Waals surface area contributed by atoms with Crippen LogP contribution in [0.15, 0.2) is 24.3 Å². The zero-order valence-electron chi connectivity index (χ0n) is 17.5. The van der Waals surface area contributed by atoms with Gasteiger partial charge in [-0.25, -0.2) is 4.68 Å². The van der Waals surface area contributed by atoms with Crippen molar-refractivity contribution in [2.24, 2.45) is 11.3 Å². The summed E-state index contributed by atoms with van der Waals surface area (Å²) in [6, 6.07) is 8.38. The molecule has 0 N–H and O–H groups in total. The zero-order chi connectivity index (χ0) is 19.2. The van der Waals surface area contributed by atoms with E-state index in [0.29, 0.717) is 5.41 Å². The Morgan fingerprint density at radius 1 is 1.04 bits per heavy atom. The largest absolute Gasteiger partial charge is 0.373 e. The molecule has 2 fully saturated rings. The molecule has 4 rings (SSSR count). The summed E-state index contributed by atoms with van der Waals surface area (Å²) in [5.41, 5.74) is 2.41. The number of benzene rings is 1. The lowest BCUT2D eigenvalue weighted by molar-refractivity contribution is -0.143. The minimum atomic E-state index is -0.0931. The lowest BCUT2D eigenvalue weighted by atomic mass is 9.69. The Morgan fingerprint density at radius 2 is 1.67 bits per heavy atom. The Balaban J connectivity index is 1.74. The Kier molecular flexibility index (Phi) is 4.79. The van der Waals surface area contributed by atoms with Gasteiger partial charge < -0.3 is 4.74 Å². The summed E-state index contributed by atoms with van der Waals surface area (Å²) in [6.07, 6.45) is 5.22. The van der Waals surface area contributed by atoms with Crippen LogP contribution in [0.3, 0.4) is 0 Å². The molecule has 0 spiro atoms. The van der Waals surface area contributed by atoms with Gasteiger partial charge in [-0.15, -0.1) is 5.10 Å². The van der Waals surface area contributed by atoms with Gasteiger partial charge in [-0.2, -0.15) is 0 Å². The van der Waals surface area contributed by atoms with E-state index in [0.717, 1.165) is 42.9 Å². The highest BCUT2D eigenvalue weighted by Gasteiger charge is 2.47. The predicted molar refractivity (Wildman–Crippen MR) is 108 cm³/mol. The van der Waals surface area contributed by atoms with Crippen molar-refractivity contribution in [3.05, 3.63) is 24.3 Å². The molecule has 1 saturated heterocycles. The highest BCUT2D eigenvalue weighted by atomic mass is 16.5. The average molecular weight is 371 g/mol. The van der Waals surface area contributed by atoms with Gasteiger partial charge in [0, 0.05) is 13.1 Å². The number of ether oxygens (including phenoxy) is 1. The van der Waals surface area contributed by atoms with Crippen LogP contribution < -0.4 is 0 Å². The molecule has 0 radical (unpaired) electrons. The second-order valence-corrected chi connectivity index (χ2v) is 9.78. The molecule has 0 bridgehead atoms. The molecule has 148 valence electrons. The van der Waals surface area contributed by atoms with Gasteiger partial charge in [-0.3, -0.25) is 4.90 Å². The summed E-state index contributed by atoms with van der Waals surface area (Å²) in [6.45, 7) is 13.4. The van der Waals surface area contributed by atoms with Crippen molar-refractivity contribution in [2.45, 2.75) is 78.2 Å². The SMILES string of the molecule is C[C@H]1CN(C2(n3nnc4ccccc43)CCC(C(C)(C)C)CC2)C[C@H](C)O1. The van der Waals surface area contributed by atoms with Crippen LogP contribution in [-0.4, -0.2) is 45.2 Å². The standard InChI is InChI=1S/C22H34N4O/c1-16-14-25(15-17(2)27-16)22(12-10-18(11-13-22)21(3,4)5)26-20-9-7-6-8-19(20)23-24-26/h6-9,16-18H,10-15H2,1-5H3/t16-,17-,18?,22?/m0/s1. The van der Waals surface area contributed by atoms with Gasteiger partial charge in [0.2, 0.25) is 0 Å². The van der Waals surface area contributed by atoms with Crippen LogP contribution >= 0.6 is 0 Å². The molecule has 1 saturated carbocycles. The molecular weight excluding hydrogens is 336 g/mol. The first kappa shape index (κ1) is 18.9. The number of morpholine rings is 1. The number of nitrogens with zero attached hydrogens (tertiary/aromatic N) is 4. The van der Waals surface area contributed by atoms with Gasteiger partial charge >= 0.3 is 0 Å². The van der Waals surface area contributed by atoms with Crippen LogP contribution in [0, 0.1) is 11.3 Å². The van der Waals surface area contributed by atoms with Crippen LogP contribution in [0.25, 0.3) is 11.0 Å². The van der Waals surface area contributed by atoms with Crippen LogP contribution in [0.4, 0.5) is 0 Å². The number of hydrogen-bond acceptors (Lipinski definition) is 4. The van der Waals surface area contributed by atoms with E-state index in [9.17, 15) is 0 Å². The van der Waals surface area contributed by atoms with Crippen LogP contribution in [0.2, 0.25) is 0 Å². The molecule has 0 amide bonds. The fraction of sp³-hybridized carbons (Fsp3) is 0.727. The van der Waals surface area contributed by atoms with Gasteiger partial charge in [0.1, 0.15) is 11.2 Å². The molecule has 2 atom stereocenters. The maximum absolute atomic E-state index is 6.05. The topological polar surface area (TPSA) is 43.2 Å². The second-order valence-electron chi connectivity index (χ2n) is 9.78. The van der Waals surface area contributed by atoms with E-state index in [1.54, 1.807) is 0 Å². The minimum Gasteiger partial charge on any atom is -0.373 e. The first-order valence-electron chi connectivity index (χ1n) is 10.5. The molecule has 2 aliphatic rings. The third-order valence-corrected chi connectivity index (χ3v) is 6.77. The molecule has 1 aliphatic heterocycles. The smallest absolute Gasteiger partial charge is 0.117 e. The number of rotatable bonds is 2. The van der Waals surface area contributed by atoms with Crippen molar-refractivity contribution in [3.8, 4) is 0 Å². The Bertz CT molecular complexity index is 775. The Hall–Kier alpha value is -1.46. The van der Waals surface area contributed by atoms with Crippen LogP contribution in [0.1, 0.15) is 60.3 Å². The number of hydrogen-bond donors (Lipinski definition) is 0. The van der Waals surface area contributed by atoms with Crippen molar-refractivity contribution < 1.29 is 4.74 Å². The van der Waals surface area contributed by atoms with Crippen LogP contribution in [0.5, 0.6) is 0 Å². The van der Waals surface area contributed by atoms with Crippen molar-refractivity contribution in [3.63, 3.8) is 0 Å². The molecule has 1 aromatic carbocycles. The van der Waals surface area contributed by atoms with E-state index >= 15 is 0 Å². The Labute approximate surface area is 163 Å². The van der Waals surface area contributed by atoms with Gasteiger partial charge in [0.05, 0.1) is 17.7 Å².